The maximum absolute atomic E-state index is 12.5. The molecule has 1 unspecified atom stereocenters. The molecular weight excluding hydrogens is 324 g/mol. The summed E-state index contributed by atoms with van der Waals surface area (Å²) in [6.07, 6.45) is 6.44. The number of hydrogen-bond donors (Lipinski definition) is 0. The summed E-state index contributed by atoms with van der Waals surface area (Å²) in [6.45, 7) is 0.890. The molecule has 2 heterocycles. The molecule has 0 radical (unpaired) electrons. The minimum absolute atomic E-state index is 0.138. The third-order valence-electron chi connectivity index (χ3n) is 3.89. The maximum atomic E-state index is 12.5. The van der Waals surface area contributed by atoms with Gasteiger partial charge in [-0.05, 0) is 36.6 Å². The summed E-state index contributed by atoms with van der Waals surface area (Å²) in [5.74, 6) is 0.717. The molecule has 1 aliphatic rings. The Hall–Kier alpha value is -2.18. The van der Waals surface area contributed by atoms with Crippen molar-refractivity contribution < 1.29 is 13.2 Å². The van der Waals surface area contributed by atoms with Gasteiger partial charge >= 0.3 is 0 Å². The van der Waals surface area contributed by atoms with Crippen molar-refractivity contribution in [3.8, 4) is 5.75 Å². The predicted molar refractivity (Wildman–Crippen MR) is 93.9 cm³/mol. The summed E-state index contributed by atoms with van der Waals surface area (Å²) < 4.78 is 32.4. The van der Waals surface area contributed by atoms with Crippen LogP contribution in [0.4, 0.5) is 0 Å². The summed E-state index contributed by atoms with van der Waals surface area (Å²) >= 11 is 0. The summed E-state index contributed by atoms with van der Waals surface area (Å²) in [4.78, 5) is 3.95. The van der Waals surface area contributed by atoms with Crippen molar-refractivity contribution in [1.29, 1.82) is 0 Å². The molecular formula is C18H20N2O3S. The molecule has 0 bridgehead atoms. The second-order valence-corrected chi connectivity index (χ2v) is 7.50. The first-order valence-corrected chi connectivity index (χ1v) is 9.44. The summed E-state index contributed by atoms with van der Waals surface area (Å²) in [6, 6.07) is 13.0. The van der Waals surface area contributed by atoms with Crippen molar-refractivity contribution in [2.75, 3.05) is 13.1 Å². The van der Waals surface area contributed by atoms with E-state index in [1.807, 2.05) is 30.3 Å². The second-order valence-electron chi connectivity index (χ2n) is 5.68. The molecule has 5 nitrogen and oxygen atoms in total. The number of ether oxygens (including phenoxy) is 1. The number of pyridine rings is 1. The number of aromatic nitrogens is 1. The van der Waals surface area contributed by atoms with Crippen LogP contribution in [-0.4, -0.2) is 36.9 Å². The van der Waals surface area contributed by atoms with E-state index in [0.29, 0.717) is 18.8 Å². The molecule has 1 aromatic carbocycles. The molecule has 1 atom stereocenters. The minimum Gasteiger partial charge on any atom is -0.489 e. The molecule has 0 N–H and O–H groups in total. The third kappa shape index (κ3) is 4.43. The zero-order chi connectivity index (χ0) is 16.8. The van der Waals surface area contributed by atoms with Crippen LogP contribution >= 0.6 is 0 Å². The Balaban J connectivity index is 1.66. The first-order chi connectivity index (χ1) is 11.6. The Morgan fingerprint density at radius 1 is 1.12 bits per heavy atom. The van der Waals surface area contributed by atoms with Crippen LogP contribution in [0.5, 0.6) is 5.75 Å². The van der Waals surface area contributed by atoms with Gasteiger partial charge in [-0.1, -0.05) is 30.3 Å². The standard InChI is InChI=1S/C18H20N2O3S/c21-24(22,14-10-16-5-2-1-3-6-16)20-13-4-7-18(15-20)23-17-8-11-19-12-9-17/h1-3,5-6,8-12,14,18H,4,7,13,15H2/b14-10+. The van der Waals surface area contributed by atoms with Gasteiger partial charge in [0.2, 0.25) is 10.0 Å². The fourth-order valence-electron chi connectivity index (χ4n) is 2.66. The number of nitrogens with zero attached hydrogens (tertiary/aromatic N) is 2. The van der Waals surface area contributed by atoms with E-state index in [2.05, 4.69) is 4.98 Å². The van der Waals surface area contributed by atoms with E-state index < -0.39 is 10.0 Å². The van der Waals surface area contributed by atoms with Crippen LogP contribution in [0.3, 0.4) is 0 Å². The molecule has 0 spiro atoms. The predicted octanol–water partition coefficient (Wildman–Crippen LogP) is 2.93. The average molecular weight is 344 g/mol. The van der Waals surface area contributed by atoms with Crippen LogP contribution in [-0.2, 0) is 10.0 Å². The molecule has 6 heteroatoms. The van der Waals surface area contributed by atoms with Gasteiger partial charge in [0, 0.05) is 24.3 Å². The van der Waals surface area contributed by atoms with Gasteiger partial charge in [0.05, 0.1) is 6.54 Å². The average Bonchev–Trinajstić information content (AvgIpc) is 2.62. The van der Waals surface area contributed by atoms with Gasteiger partial charge in [-0.3, -0.25) is 4.98 Å². The largest absolute Gasteiger partial charge is 0.489 e. The van der Waals surface area contributed by atoms with Crippen LogP contribution in [0.1, 0.15) is 18.4 Å². The zero-order valence-corrected chi connectivity index (χ0v) is 14.1. The van der Waals surface area contributed by atoms with Crippen LogP contribution in [0, 0.1) is 0 Å². The zero-order valence-electron chi connectivity index (χ0n) is 13.3. The number of rotatable bonds is 5. The molecule has 1 saturated heterocycles. The fourth-order valence-corrected chi connectivity index (χ4v) is 3.92. The van der Waals surface area contributed by atoms with Crippen LogP contribution in [0.25, 0.3) is 6.08 Å². The van der Waals surface area contributed by atoms with Crippen molar-refractivity contribution in [2.45, 2.75) is 18.9 Å². The first kappa shape index (κ1) is 16.7. The topological polar surface area (TPSA) is 59.5 Å². The van der Waals surface area contributed by atoms with E-state index in [-0.39, 0.29) is 6.10 Å². The molecule has 3 rings (SSSR count). The molecule has 1 fully saturated rings. The molecule has 0 amide bonds. The lowest BCUT2D eigenvalue weighted by Crippen LogP contribution is -2.43. The molecule has 1 aliphatic heterocycles. The van der Waals surface area contributed by atoms with E-state index in [9.17, 15) is 8.42 Å². The van der Waals surface area contributed by atoms with E-state index in [1.165, 1.54) is 9.71 Å². The summed E-state index contributed by atoms with van der Waals surface area (Å²) in [7, 11) is -3.45. The lowest BCUT2D eigenvalue weighted by Gasteiger charge is -2.31. The maximum Gasteiger partial charge on any atom is 0.236 e. The minimum atomic E-state index is -3.45. The van der Waals surface area contributed by atoms with Gasteiger partial charge in [-0.15, -0.1) is 0 Å². The van der Waals surface area contributed by atoms with Crippen molar-refractivity contribution in [1.82, 2.24) is 9.29 Å². The van der Waals surface area contributed by atoms with Crippen LogP contribution in [0.15, 0.2) is 60.3 Å². The normalized spacial score (nSPS) is 19.4. The molecule has 24 heavy (non-hydrogen) atoms. The summed E-state index contributed by atoms with van der Waals surface area (Å²) in [5.41, 5.74) is 0.864. The monoisotopic (exact) mass is 344 g/mol. The smallest absolute Gasteiger partial charge is 0.236 e. The fraction of sp³-hybridized carbons (Fsp3) is 0.278. The van der Waals surface area contributed by atoms with Crippen LogP contribution in [0.2, 0.25) is 0 Å². The van der Waals surface area contributed by atoms with E-state index in [0.717, 1.165) is 18.4 Å². The number of benzene rings is 1. The molecule has 0 saturated carbocycles. The van der Waals surface area contributed by atoms with E-state index >= 15 is 0 Å². The Labute approximate surface area is 142 Å². The third-order valence-corrected chi connectivity index (χ3v) is 5.42. The van der Waals surface area contributed by atoms with Gasteiger partial charge < -0.3 is 4.74 Å². The quantitative estimate of drug-likeness (QED) is 0.837. The van der Waals surface area contributed by atoms with Gasteiger partial charge in [0.1, 0.15) is 11.9 Å². The Morgan fingerprint density at radius 2 is 1.88 bits per heavy atom. The highest BCUT2D eigenvalue weighted by Crippen LogP contribution is 2.20. The highest BCUT2D eigenvalue weighted by molar-refractivity contribution is 7.92. The van der Waals surface area contributed by atoms with Gasteiger partial charge in [0.25, 0.3) is 0 Å². The summed E-state index contributed by atoms with van der Waals surface area (Å²) in [5, 5.41) is 1.27. The van der Waals surface area contributed by atoms with Gasteiger partial charge in [0.15, 0.2) is 0 Å². The Morgan fingerprint density at radius 3 is 2.62 bits per heavy atom. The lowest BCUT2D eigenvalue weighted by atomic mass is 10.1. The van der Waals surface area contributed by atoms with Crippen molar-refractivity contribution in [2.24, 2.45) is 0 Å². The highest BCUT2D eigenvalue weighted by atomic mass is 32.2. The second kappa shape index (κ2) is 7.59. The number of hydrogen-bond acceptors (Lipinski definition) is 4. The first-order valence-electron chi connectivity index (χ1n) is 7.93. The number of sulfonamides is 1. The van der Waals surface area contributed by atoms with Crippen molar-refractivity contribution >= 4 is 16.1 Å². The van der Waals surface area contributed by atoms with Gasteiger partial charge in [-0.2, -0.15) is 4.31 Å². The molecule has 126 valence electrons. The van der Waals surface area contributed by atoms with Gasteiger partial charge in [-0.25, -0.2) is 8.42 Å². The van der Waals surface area contributed by atoms with E-state index in [1.54, 1.807) is 30.6 Å². The highest BCUT2D eigenvalue weighted by Gasteiger charge is 2.28. The number of piperidine rings is 1. The lowest BCUT2D eigenvalue weighted by molar-refractivity contribution is 0.130. The molecule has 0 aliphatic carbocycles. The van der Waals surface area contributed by atoms with E-state index in [4.69, 9.17) is 4.74 Å². The SMILES string of the molecule is O=S(=O)(/C=C/c1ccccc1)N1CCCC(Oc2ccncc2)C1. The Bertz CT molecular complexity index is 776. The Kier molecular flexibility index (Phi) is 5.27. The molecule has 2 aromatic rings. The van der Waals surface area contributed by atoms with Crippen molar-refractivity contribution in [3.05, 3.63) is 65.8 Å². The molecule has 1 aromatic heterocycles. The van der Waals surface area contributed by atoms with Crippen LogP contribution < -0.4 is 4.74 Å². The van der Waals surface area contributed by atoms with Crippen molar-refractivity contribution in [3.63, 3.8) is 0 Å².